The Balaban J connectivity index is 2.71. The molecule has 0 amide bonds. The van der Waals surface area contributed by atoms with E-state index in [0.717, 1.165) is 5.39 Å². The molecule has 4 nitrogen and oxygen atoms in total. The van der Waals surface area contributed by atoms with E-state index in [-0.39, 0.29) is 5.56 Å². The molecule has 2 rings (SSSR count). The number of nitrogens with one attached hydrogen (secondary N) is 1. The predicted molar refractivity (Wildman–Crippen MR) is 65.2 cm³/mol. The highest BCUT2D eigenvalue weighted by Crippen LogP contribution is 2.08. The van der Waals surface area contributed by atoms with Crippen molar-refractivity contribution in [2.45, 2.75) is 6.92 Å². The van der Waals surface area contributed by atoms with Crippen molar-refractivity contribution in [2.75, 3.05) is 12.0 Å². The number of aromatic nitrogens is 2. The van der Waals surface area contributed by atoms with Crippen molar-refractivity contribution in [2.24, 2.45) is 0 Å². The molecule has 0 radical (unpaired) electrons. The molecule has 0 aliphatic carbocycles. The summed E-state index contributed by atoms with van der Waals surface area (Å²) >= 11 is 0. The second kappa shape index (κ2) is 4.18. The third kappa shape index (κ3) is 1.69. The Morgan fingerprint density at radius 1 is 1.62 bits per heavy atom. The molecule has 0 aliphatic heterocycles. The van der Waals surface area contributed by atoms with E-state index in [9.17, 15) is 4.79 Å². The minimum Gasteiger partial charge on any atom is -0.317 e. The Kier molecular flexibility index (Phi) is 2.72. The van der Waals surface area contributed by atoms with Gasteiger partial charge < -0.3 is 5.43 Å². The minimum absolute atomic E-state index is 0.0759. The number of aryl methyl sites for hydroxylation is 1. The van der Waals surface area contributed by atoms with Crippen LogP contribution in [0, 0.1) is 6.92 Å². The average molecular weight is 215 g/mol. The van der Waals surface area contributed by atoms with Crippen molar-refractivity contribution in [3.05, 3.63) is 53.0 Å². The highest BCUT2D eigenvalue weighted by atomic mass is 16.1. The first-order valence-electron chi connectivity index (χ1n) is 5.06. The second-order valence-corrected chi connectivity index (χ2v) is 3.54. The van der Waals surface area contributed by atoms with Gasteiger partial charge in [-0.2, -0.15) is 0 Å². The zero-order valence-electron chi connectivity index (χ0n) is 9.10. The van der Waals surface area contributed by atoms with Gasteiger partial charge in [0.25, 0.3) is 5.56 Å². The van der Waals surface area contributed by atoms with E-state index in [1.165, 1.54) is 4.68 Å². The number of hydrogen-bond donors (Lipinski definition) is 1. The molecule has 0 atom stereocenters. The largest absolute Gasteiger partial charge is 0.317 e. The molecule has 0 unspecified atom stereocenters. The summed E-state index contributed by atoms with van der Waals surface area (Å²) in [5.74, 6) is 0. The van der Waals surface area contributed by atoms with Crippen molar-refractivity contribution < 1.29 is 0 Å². The van der Waals surface area contributed by atoms with Crippen LogP contribution in [-0.2, 0) is 0 Å². The standard InChI is InChI=1S/C12H13N3O/c1-3-6-14-15-11-10(5-4-7-13-11)8-9(2)12(15)16/h3-5,7-8,14H,1,6H2,2H3. The zero-order valence-corrected chi connectivity index (χ0v) is 9.10. The molecule has 0 fully saturated rings. The summed E-state index contributed by atoms with van der Waals surface area (Å²) < 4.78 is 1.46. The molecular formula is C12H13N3O. The van der Waals surface area contributed by atoms with Gasteiger partial charge in [0.1, 0.15) is 0 Å². The lowest BCUT2D eigenvalue weighted by atomic mass is 10.2. The molecule has 2 aromatic rings. The number of rotatable bonds is 3. The molecule has 0 saturated carbocycles. The fourth-order valence-corrected chi connectivity index (χ4v) is 1.58. The molecule has 0 aromatic carbocycles. The van der Waals surface area contributed by atoms with E-state index < -0.39 is 0 Å². The third-order valence-corrected chi connectivity index (χ3v) is 2.33. The van der Waals surface area contributed by atoms with Gasteiger partial charge in [-0.1, -0.05) is 6.08 Å². The maximum absolute atomic E-state index is 11.9. The van der Waals surface area contributed by atoms with Gasteiger partial charge >= 0.3 is 0 Å². The lowest BCUT2D eigenvalue weighted by Gasteiger charge is -2.11. The molecular weight excluding hydrogens is 202 g/mol. The molecule has 2 aromatic heterocycles. The van der Waals surface area contributed by atoms with Gasteiger partial charge in [0, 0.05) is 23.7 Å². The fourth-order valence-electron chi connectivity index (χ4n) is 1.58. The summed E-state index contributed by atoms with van der Waals surface area (Å²) in [6, 6.07) is 5.63. The normalized spacial score (nSPS) is 10.3. The average Bonchev–Trinajstić information content (AvgIpc) is 2.30. The maximum atomic E-state index is 11.9. The summed E-state index contributed by atoms with van der Waals surface area (Å²) in [6.45, 7) is 5.93. The summed E-state index contributed by atoms with van der Waals surface area (Å²) in [4.78, 5) is 16.1. The highest BCUT2D eigenvalue weighted by molar-refractivity contribution is 5.75. The van der Waals surface area contributed by atoms with Gasteiger partial charge in [0.05, 0.1) is 0 Å². The van der Waals surface area contributed by atoms with Crippen LogP contribution in [-0.4, -0.2) is 16.2 Å². The van der Waals surface area contributed by atoms with Crippen LogP contribution >= 0.6 is 0 Å². The molecule has 0 saturated heterocycles. The van der Waals surface area contributed by atoms with Crippen LogP contribution in [0.1, 0.15) is 5.56 Å². The summed E-state index contributed by atoms with van der Waals surface area (Å²) in [6.07, 6.45) is 3.37. The van der Waals surface area contributed by atoms with Gasteiger partial charge in [-0.25, -0.2) is 9.66 Å². The van der Waals surface area contributed by atoms with Crippen LogP contribution in [0.15, 0.2) is 41.8 Å². The van der Waals surface area contributed by atoms with Crippen LogP contribution in [0.5, 0.6) is 0 Å². The molecule has 4 heteroatoms. The Labute approximate surface area is 93.2 Å². The summed E-state index contributed by atoms with van der Waals surface area (Å²) in [7, 11) is 0. The molecule has 1 N–H and O–H groups in total. The number of hydrogen-bond acceptors (Lipinski definition) is 3. The second-order valence-electron chi connectivity index (χ2n) is 3.54. The van der Waals surface area contributed by atoms with E-state index in [1.54, 1.807) is 19.2 Å². The monoisotopic (exact) mass is 215 g/mol. The van der Waals surface area contributed by atoms with Gasteiger partial charge in [-0.05, 0) is 25.1 Å². The maximum Gasteiger partial charge on any atom is 0.273 e. The molecule has 16 heavy (non-hydrogen) atoms. The van der Waals surface area contributed by atoms with Crippen LogP contribution in [0.4, 0.5) is 0 Å². The highest BCUT2D eigenvalue weighted by Gasteiger charge is 2.05. The van der Waals surface area contributed by atoms with Gasteiger partial charge in [-0.3, -0.25) is 4.79 Å². The first-order chi connectivity index (χ1) is 7.74. The van der Waals surface area contributed by atoms with Gasteiger partial charge in [-0.15, -0.1) is 6.58 Å². The van der Waals surface area contributed by atoms with Gasteiger partial charge in [0.2, 0.25) is 0 Å². The number of fused-ring (bicyclic) bond motifs is 1. The number of pyridine rings is 2. The molecule has 0 aliphatic rings. The Hall–Kier alpha value is -2.10. The van der Waals surface area contributed by atoms with E-state index in [1.807, 2.05) is 18.2 Å². The summed E-state index contributed by atoms with van der Waals surface area (Å²) in [5, 5.41) is 0.941. The van der Waals surface area contributed by atoms with Gasteiger partial charge in [0.15, 0.2) is 5.65 Å². The van der Waals surface area contributed by atoms with Crippen LogP contribution in [0.3, 0.4) is 0 Å². The van der Waals surface area contributed by atoms with Crippen molar-refractivity contribution in [3.8, 4) is 0 Å². The Bertz CT molecular complexity index is 586. The quantitative estimate of drug-likeness (QED) is 0.788. The Morgan fingerprint density at radius 2 is 2.44 bits per heavy atom. The van der Waals surface area contributed by atoms with Crippen molar-refractivity contribution in [1.82, 2.24) is 9.66 Å². The van der Waals surface area contributed by atoms with Crippen LogP contribution < -0.4 is 11.0 Å². The first-order valence-corrected chi connectivity index (χ1v) is 5.06. The van der Waals surface area contributed by atoms with Crippen molar-refractivity contribution >= 4 is 11.0 Å². The molecule has 82 valence electrons. The van der Waals surface area contributed by atoms with Crippen molar-refractivity contribution in [1.29, 1.82) is 0 Å². The smallest absolute Gasteiger partial charge is 0.273 e. The van der Waals surface area contributed by atoms with E-state index in [4.69, 9.17) is 0 Å². The minimum atomic E-state index is -0.0759. The lowest BCUT2D eigenvalue weighted by Crippen LogP contribution is -2.31. The van der Waals surface area contributed by atoms with Crippen molar-refractivity contribution in [3.63, 3.8) is 0 Å². The molecule has 0 spiro atoms. The van der Waals surface area contributed by atoms with E-state index in [0.29, 0.717) is 17.8 Å². The fraction of sp³-hybridized carbons (Fsp3) is 0.167. The van der Waals surface area contributed by atoms with E-state index >= 15 is 0 Å². The lowest BCUT2D eigenvalue weighted by molar-refractivity contribution is 0.858. The van der Waals surface area contributed by atoms with Crippen LogP contribution in [0.2, 0.25) is 0 Å². The van der Waals surface area contributed by atoms with E-state index in [2.05, 4.69) is 17.0 Å². The third-order valence-electron chi connectivity index (χ3n) is 2.33. The summed E-state index contributed by atoms with van der Waals surface area (Å²) in [5.41, 5.74) is 4.22. The molecule has 2 heterocycles. The Morgan fingerprint density at radius 3 is 3.19 bits per heavy atom. The predicted octanol–water partition coefficient (Wildman–Crippen LogP) is 1.43. The SMILES string of the molecule is C=CCNn1c(=O)c(C)cc2cccnc21. The number of nitrogens with zero attached hydrogens (tertiary/aromatic N) is 2. The van der Waals surface area contributed by atoms with Crippen LogP contribution in [0.25, 0.3) is 11.0 Å². The molecule has 0 bridgehead atoms. The zero-order chi connectivity index (χ0) is 11.5. The first kappa shape index (κ1) is 10.4. The topological polar surface area (TPSA) is 46.9 Å².